The van der Waals surface area contributed by atoms with E-state index < -0.39 is 0 Å². The third-order valence-electron chi connectivity index (χ3n) is 10.0. The summed E-state index contributed by atoms with van der Waals surface area (Å²) in [6.07, 6.45) is 39.1. The lowest BCUT2D eigenvalue weighted by Crippen LogP contribution is -2.35. The molecule has 0 aromatic carbocycles. The molecule has 0 spiro atoms. The molecule has 0 saturated carbocycles. The van der Waals surface area contributed by atoms with E-state index >= 15 is 0 Å². The van der Waals surface area contributed by atoms with Crippen LogP contribution in [0.4, 0.5) is 0 Å². The molecule has 1 nitrogen and oxygen atoms in total. The predicted octanol–water partition coefficient (Wildman–Crippen LogP) is 15.6. The second kappa shape index (κ2) is 22.7. The lowest BCUT2D eigenvalue weighted by Gasteiger charge is -2.38. The van der Waals surface area contributed by atoms with Gasteiger partial charge in [0.15, 0.2) is 0 Å². The highest BCUT2D eigenvalue weighted by Crippen LogP contribution is 2.55. The van der Waals surface area contributed by atoms with Gasteiger partial charge in [-0.25, -0.2) is 0 Å². The molecule has 2 aromatic rings. The SMILES string of the molecule is CCCCCCCCCCCCCCCC1(CCCCCCCCCCCCCCC)Oc2cc(C)sc2-c2sc(C)cc21. The molecule has 0 unspecified atom stereocenters. The van der Waals surface area contributed by atoms with Crippen molar-refractivity contribution in [3.8, 4) is 15.5 Å². The standard InChI is InChI=1S/C41H70OS2/c1-5-7-9-11-13-15-17-19-21-23-25-27-29-31-41(32-30-28-26-24-22-20-18-16-14-12-10-8-6-2)37-33-35(3)43-39(37)40-38(42-41)34-36(4)44-40/h33-34H,5-32H2,1-4H3. The average molecular weight is 643 g/mol. The maximum absolute atomic E-state index is 7.11. The molecule has 0 bridgehead atoms. The third kappa shape index (κ3) is 13.5. The average Bonchev–Trinajstić information content (AvgIpc) is 3.59. The Labute approximate surface area is 282 Å². The van der Waals surface area contributed by atoms with Gasteiger partial charge in [-0.1, -0.05) is 168 Å². The summed E-state index contributed by atoms with van der Waals surface area (Å²) in [5.41, 5.74) is 1.41. The number of hydrogen-bond acceptors (Lipinski definition) is 3. The normalized spacial score (nSPS) is 13.6. The molecule has 0 amide bonds. The molecule has 3 rings (SSSR count). The molecule has 0 radical (unpaired) electrons. The van der Waals surface area contributed by atoms with Crippen molar-refractivity contribution in [3.05, 3.63) is 27.5 Å². The molecule has 44 heavy (non-hydrogen) atoms. The molecule has 0 saturated heterocycles. The molecular formula is C41H70OS2. The highest BCUT2D eigenvalue weighted by Gasteiger charge is 2.42. The maximum atomic E-state index is 7.11. The van der Waals surface area contributed by atoms with Crippen LogP contribution in [0.2, 0.25) is 0 Å². The largest absolute Gasteiger partial charge is 0.481 e. The van der Waals surface area contributed by atoms with Gasteiger partial charge in [-0.2, -0.15) is 0 Å². The molecule has 3 heterocycles. The van der Waals surface area contributed by atoms with Crippen molar-refractivity contribution in [2.24, 2.45) is 0 Å². The predicted molar refractivity (Wildman–Crippen MR) is 200 cm³/mol. The van der Waals surface area contributed by atoms with Crippen molar-refractivity contribution in [3.63, 3.8) is 0 Å². The van der Waals surface area contributed by atoms with Gasteiger partial charge in [0.2, 0.25) is 0 Å². The first-order chi connectivity index (χ1) is 21.6. The summed E-state index contributed by atoms with van der Waals surface area (Å²) in [7, 11) is 0. The van der Waals surface area contributed by atoms with Gasteiger partial charge in [-0.05, 0) is 51.7 Å². The van der Waals surface area contributed by atoms with Crippen LogP contribution in [-0.2, 0) is 5.60 Å². The summed E-state index contributed by atoms with van der Waals surface area (Å²) in [6, 6.07) is 4.81. The van der Waals surface area contributed by atoms with E-state index in [-0.39, 0.29) is 5.60 Å². The first kappa shape index (κ1) is 37.7. The van der Waals surface area contributed by atoms with Gasteiger partial charge in [0.1, 0.15) is 11.4 Å². The van der Waals surface area contributed by atoms with Crippen LogP contribution in [0.3, 0.4) is 0 Å². The number of aryl methyl sites for hydroxylation is 2. The van der Waals surface area contributed by atoms with E-state index in [0.717, 1.165) is 0 Å². The summed E-state index contributed by atoms with van der Waals surface area (Å²) < 4.78 is 7.11. The van der Waals surface area contributed by atoms with Crippen LogP contribution >= 0.6 is 22.7 Å². The molecule has 0 aliphatic carbocycles. The number of fused-ring (bicyclic) bond motifs is 3. The van der Waals surface area contributed by atoms with Gasteiger partial charge in [0.25, 0.3) is 0 Å². The zero-order chi connectivity index (χ0) is 31.3. The molecule has 0 atom stereocenters. The van der Waals surface area contributed by atoms with Crippen LogP contribution in [0.5, 0.6) is 5.75 Å². The number of unbranched alkanes of at least 4 members (excludes halogenated alkanes) is 24. The summed E-state index contributed by atoms with van der Waals surface area (Å²) in [5, 5.41) is 0. The molecule has 1 aliphatic rings. The molecule has 0 fully saturated rings. The third-order valence-corrected chi connectivity index (χ3v) is 12.3. The number of rotatable bonds is 28. The fourth-order valence-electron chi connectivity index (χ4n) is 7.36. The molecule has 2 aromatic heterocycles. The second-order valence-electron chi connectivity index (χ2n) is 14.2. The summed E-state index contributed by atoms with van der Waals surface area (Å²) in [4.78, 5) is 5.73. The topological polar surface area (TPSA) is 9.23 Å². The zero-order valence-corrected chi connectivity index (χ0v) is 31.3. The van der Waals surface area contributed by atoms with Gasteiger partial charge in [-0.3, -0.25) is 0 Å². The Morgan fingerprint density at radius 1 is 0.455 bits per heavy atom. The van der Waals surface area contributed by atoms with Crippen molar-refractivity contribution in [2.45, 2.75) is 213 Å². The fourth-order valence-corrected chi connectivity index (χ4v) is 9.55. The van der Waals surface area contributed by atoms with E-state index in [2.05, 4.69) is 39.8 Å². The van der Waals surface area contributed by atoms with E-state index in [9.17, 15) is 0 Å². The van der Waals surface area contributed by atoms with Crippen molar-refractivity contribution in [1.29, 1.82) is 0 Å². The number of ether oxygens (including phenoxy) is 1. The maximum Gasteiger partial charge on any atom is 0.140 e. The van der Waals surface area contributed by atoms with Crippen molar-refractivity contribution >= 4 is 22.7 Å². The van der Waals surface area contributed by atoms with E-state index in [4.69, 9.17) is 4.74 Å². The van der Waals surface area contributed by atoms with Crippen LogP contribution < -0.4 is 4.74 Å². The first-order valence-corrected chi connectivity index (χ1v) is 21.1. The minimum atomic E-state index is -0.115. The second-order valence-corrected chi connectivity index (χ2v) is 16.7. The Kier molecular flexibility index (Phi) is 19.4. The van der Waals surface area contributed by atoms with E-state index in [0.29, 0.717) is 0 Å². The van der Waals surface area contributed by atoms with Crippen molar-refractivity contribution in [1.82, 2.24) is 0 Å². The van der Waals surface area contributed by atoms with Gasteiger partial charge in [0.05, 0.1) is 9.75 Å². The lowest BCUT2D eigenvalue weighted by molar-refractivity contribution is 0.0397. The molecular weight excluding hydrogens is 573 g/mol. The van der Waals surface area contributed by atoms with Crippen LogP contribution in [0, 0.1) is 13.8 Å². The fraction of sp³-hybridized carbons (Fsp3) is 0.805. The highest BCUT2D eigenvalue weighted by molar-refractivity contribution is 7.22. The summed E-state index contributed by atoms with van der Waals surface area (Å²) in [5.74, 6) is 1.17. The van der Waals surface area contributed by atoms with E-state index in [1.165, 1.54) is 211 Å². The van der Waals surface area contributed by atoms with Gasteiger partial charge in [0, 0.05) is 15.3 Å². The molecule has 1 aliphatic heterocycles. The quantitative estimate of drug-likeness (QED) is 0.0839. The van der Waals surface area contributed by atoms with Crippen LogP contribution in [0.15, 0.2) is 12.1 Å². The van der Waals surface area contributed by atoms with E-state index in [1.54, 1.807) is 0 Å². The number of thiophene rings is 2. The van der Waals surface area contributed by atoms with Gasteiger partial charge < -0.3 is 4.74 Å². The monoisotopic (exact) mass is 642 g/mol. The molecule has 252 valence electrons. The smallest absolute Gasteiger partial charge is 0.140 e. The van der Waals surface area contributed by atoms with Crippen LogP contribution in [-0.4, -0.2) is 0 Å². The first-order valence-electron chi connectivity index (χ1n) is 19.5. The minimum absolute atomic E-state index is 0.115. The Hall–Kier alpha value is -0.800. The Balaban J connectivity index is 1.39. The van der Waals surface area contributed by atoms with Crippen molar-refractivity contribution < 1.29 is 4.74 Å². The van der Waals surface area contributed by atoms with Gasteiger partial charge >= 0.3 is 0 Å². The number of hydrogen-bond donors (Lipinski definition) is 0. The minimum Gasteiger partial charge on any atom is -0.481 e. The molecule has 0 N–H and O–H groups in total. The highest BCUT2D eigenvalue weighted by atomic mass is 32.1. The Bertz CT molecular complexity index is 955. The zero-order valence-electron chi connectivity index (χ0n) is 29.7. The Morgan fingerprint density at radius 2 is 0.795 bits per heavy atom. The lowest BCUT2D eigenvalue weighted by atomic mass is 9.81. The summed E-state index contributed by atoms with van der Waals surface area (Å²) in [6.45, 7) is 9.16. The Morgan fingerprint density at radius 3 is 1.20 bits per heavy atom. The molecule has 3 heteroatoms. The van der Waals surface area contributed by atoms with Crippen molar-refractivity contribution in [2.75, 3.05) is 0 Å². The van der Waals surface area contributed by atoms with E-state index in [1.807, 2.05) is 22.7 Å². The van der Waals surface area contributed by atoms with Gasteiger partial charge in [-0.15, -0.1) is 22.7 Å². The van der Waals surface area contributed by atoms with Crippen LogP contribution in [0.25, 0.3) is 9.75 Å². The summed E-state index contributed by atoms with van der Waals surface area (Å²) >= 11 is 3.93. The van der Waals surface area contributed by atoms with Crippen LogP contribution in [0.1, 0.15) is 209 Å².